The van der Waals surface area contributed by atoms with Gasteiger partial charge in [0.15, 0.2) is 5.69 Å². The Kier molecular flexibility index (Phi) is 3.70. The fourth-order valence-electron chi connectivity index (χ4n) is 2.98. The fourth-order valence-corrected chi connectivity index (χ4v) is 2.98. The van der Waals surface area contributed by atoms with Gasteiger partial charge in [0.25, 0.3) is 5.91 Å². The van der Waals surface area contributed by atoms with Crippen LogP contribution in [-0.4, -0.2) is 33.5 Å². The van der Waals surface area contributed by atoms with Crippen molar-refractivity contribution in [1.82, 2.24) is 14.5 Å². The van der Waals surface area contributed by atoms with Crippen LogP contribution in [0.5, 0.6) is 0 Å². The number of primary amides is 1. The quantitative estimate of drug-likeness (QED) is 0.883. The number of hydrogen-bond donors (Lipinski definition) is 2. The normalized spacial score (nSPS) is 16.0. The summed E-state index contributed by atoms with van der Waals surface area (Å²) in [6.45, 7) is 3.85. The number of carbonyl (C=O) groups excluding carboxylic acids is 1. The van der Waals surface area contributed by atoms with E-state index >= 15 is 0 Å². The Hall–Kier alpha value is -2.57. The number of rotatable bonds is 3. The van der Waals surface area contributed by atoms with Crippen molar-refractivity contribution in [3.8, 4) is 0 Å². The molecule has 1 saturated heterocycles. The molecule has 0 aromatic carbocycles. The van der Waals surface area contributed by atoms with Crippen molar-refractivity contribution < 1.29 is 4.79 Å². The van der Waals surface area contributed by atoms with Gasteiger partial charge in [0, 0.05) is 36.7 Å². The molecule has 3 rings (SSSR count). The van der Waals surface area contributed by atoms with Gasteiger partial charge in [-0.3, -0.25) is 9.78 Å². The molecule has 1 aliphatic heterocycles. The number of imidazole rings is 1. The molecule has 7 nitrogen and oxygen atoms in total. The van der Waals surface area contributed by atoms with Crippen LogP contribution in [0.1, 0.15) is 35.1 Å². The van der Waals surface area contributed by atoms with Crippen LogP contribution in [0.3, 0.4) is 0 Å². The number of anilines is 2. The highest BCUT2D eigenvalue weighted by Gasteiger charge is 2.24. The second-order valence-electron chi connectivity index (χ2n) is 5.62. The van der Waals surface area contributed by atoms with E-state index in [9.17, 15) is 4.79 Å². The maximum Gasteiger partial charge on any atom is 0.271 e. The van der Waals surface area contributed by atoms with Crippen LogP contribution in [0, 0.1) is 6.92 Å². The van der Waals surface area contributed by atoms with E-state index in [0.29, 0.717) is 5.82 Å². The van der Waals surface area contributed by atoms with Gasteiger partial charge in [-0.1, -0.05) is 0 Å². The van der Waals surface area contributed by atoms with E-state index in [4.69, 9.17) is 11.5 Å². The molecule has 2 aromatic rings. The Morgan fingerprint density at radius 3 is 2.64 bits per heavy atom. The zero-order valence-corrected chi connectivity index (χ0v) is 12.6. The minimum atomic E-state index is -0.582. The summed E-state index contributed by atoms with van der Waals surface area (Å²) in [5.41, 5.74) is 13.6. The zero-order valence-electron chi connectivity index (χ0n) is 12.6. The number of aromatic nitrogens is 3. The van der Waals surface area contributed by atoms with Gasteiger partial charge in [-0.15, -0.1) is 0 Å². The first-order valence-electron chi connectivity index (χ1n) is 7.36. The van der Waals surface area contributed by atoms with Gasteiger partial charge in [0.2, 0.25) is 0 Å². The predicted octanol–water partition coefficient (Wildman–Crippen LogP) is 1.11. The average molecular weight is 300 g/mol. The summed E-state index contributed by atoms with van der Waals surface area (Å²) in [6.07, 6.45) is 5.34. The van der Waals surface area contributed by atoms with E-state index in [-0.39, 0.29) is 11.7 Å². The second-order valence-corrected chi connectivity index (χ2v) is 5.62. The molecular formula is C15H20N6O. The van der Waals surface area contributed by atoms with E-state index in [1.54, 1.807) is 6.33 Å². The molecule has 1 fully saturated rings. The Balaban J connectivity index is 1.71. The molecule has 3 heterocycles. The lowest BCUT2D eigenvalue weighted by atomic mass is 10.0. The van der Waals surface area contributed by atoms with E-state index in [2.05, 4.69) is 20.9 Å². The third-order valence-electron chi connectivity index (χ3n) is 4.17. The molecule has 0 spiro atoms. The maximum atomic E-state index is 11.2. The maximum absolute atomic E-state index is 11.2. The molecule has 2 aromatic heterocycles. The summed E-state index contributed by atoms with van der Waals surface area (Å²) in [4.78, 5) is 21.8. The van der Waals surface area contributed by atoms with Crippen LogP contribution in [-0.2, 0) is 0 Å². The van der Waals surface area contributed by atoms with E-state index in [1.165, 1.54) is 5.69 Å². The van der Waals surface area contributed by atoms with Crippen LogP contribution >= 0.6 is 0 Å². The van der Waals surface area contributed by atoms with Gasteiger partial charge >= 0.3 is 0 Å². The van der Waals surface area contributed by atoms with Crippen molar-refractivity contribution in [3.63, 3.8) is 0 Å². The van der Waals surface area contributed by atoms with Crippen molar-refractivity contribution in [1.29, 1.82) is 0 Å². The minimum absolute atomic E-state index is 0.159. The topological polar surface area (TPSA) is 103 Å². The van der Waals surface area contributed by atoms with Crippen LogP contribution in [0.4, 0.5) is 11.5 Å². The Morgan fingerprint density at radius 1 is 1.32 bits per heavy atom. The monoisotopic (exact) mass is 300 g/mol. The molecule has 22 heavy (non-hydrogen) atoms. The fraction of sp³-hybridized carbons (Fsp3) is 0.400. The first kappa shape index (κ1) is 14.4. The number of nitrogens with zero attached hydrogens (tertiary/aromatic N) is 4. The number of hydrogen-bond acceptors (Lipinski definition) is 5. The summed E-state index contributed by atoms with van der Waals surface area (Å²) in [5, 5.41) is 0. The Labute approximate surface area is 128 Å². The van der Waals surface area contributed by atoms with E-state index in [0.717, 1.165) is 31.6 Å². The summed E-state index contributed by atoms with van der Waals surface area (Å²) in [5.74, 6) is -0.216. The molecule has 116 valence electrons. The molecule has 0 bridgehead atoms. The summed E-state index contributed by atoms with van der Waals surface area (Å²) < 4.78 is 1.87. The summed E-state index contributed by atoms with van der Waals surface area (Å²) >= 11 is 0. The van der Waals surface area contributed by atoms with Crippen molar-refractivity contribution in [2.45, 2.75) is 25.8 Å². The number of pyridine rings is 1. The molecule has 0 aliphatic carbocycles. The summed E-state index contributed by atoms with van der Waals surface area (Å²) in [6, 6.07) is 4.38. The lowest BCUT2D eigenvalue weighted by molar-refractivity contribution is 0.0997. The lowest BCUT2D eigenvalue weighted by Gasteiger charge is -2.34. The standard InChI is InChI=1S/C15H20N6O/c1-10-8-12(2-5-18-10)20-6-3-11(4-7-20)21-9-19-13(14(21)16)15(17)22/h2,5,8-9,11H,3-4,6-7,16H2,1H3,(H2,17,22). The van der Waals surface area contributed by atoms with Crippen molar-refractivity contribution >= 4 is 17.4 Å². The minimum Gasteiger partial charge on any atom is -0.383 e. The van der Waals surface area contributed by atoms with Gasteiger partial charge in [-0.2, -0.15) is 0 Å². The van der Waals surface area contributed by atoms with Gasteiger partial charge in [-0.05, 0) is 31.9 Å². The smallest absolute Gasteiger partial charge is 0.271 e. The number of amides is 1. The molecule has 4 N–H and O–H groups in total. The van der Waals surface area contributed by atoms with Crippen LogP contribution < -0.4 is 16.4 Å². The van der Waals surface area contributed by atoms with Gasteiger partial charge in [0.1, 0.15) is 5.82 Å². The first-order chi connectivity index (χ1) is 10.6. The number of nitrogens with two attached hydrogens (primary N) is 2. The van der Waals surface area contributed by atoms with Gasteiger partial charge < -0.3 is 20.9 Å². The van der Waals surface area contributed by atoms with Crippen LogP contribution in [0.15, 0.2) is 24.7 Å². The predicted molar refractivity (Wildman–Crippen MR) is 84.6 cm³/mol. The lowest BCUT2D eigenvalue weighted by Crippen LogP contribution is -2.34. The third kappa shape index (κ3) is 2.61. The first-order valence-corrected chi connectivity index (χ1v) is 7.36. The van der Waals surface area contributed by atoms with Crippen molar-refractivity contribution in [2.75, 3.05) is 23.7 Å². The van der Waals surface area contributed by atoms with E-state index < -0.39 is 5.91 Å². The zero-order chi connectivity index (χ0) is 15.7. The van der Waals surface area contributed by atoms with Crippen LogP contribution in [0.25, 0.3) is 0 Å². The molecule has 0 atom stereocenters. The molecule has 1 aliphatic rings. The Bertz CT molecular complexity index is 687. The number of piperidine rings is 1. The van der Waals surface area contributed by atoms with Crippen molar-refractivity contribution in [3.05, 3.63) is 36.0 Å². The average Bonchev–Trinajstić information content (AvgIpc) is 2.89. The molecule has 0 unspecified atom stereocenters. The molecular weight excluding hydrogens is 280 g/mol. The number of carbonyl (C=O) groups is 1. The molecule has 1 amide bonds. The van der Waals surface area contributed by atoms with Gasteiger partial charge in [-0.25, -0.2) is 4.98 Å². The highest BCUT2D eigenvalue weighted by Crippen LogP contribution is 2.29. The number of nitrogen functional groups attached to an aromatic ring is 1. The number of aryl methyl sites for hydroxylation is 1. The second kappa shape index (κ2) is 5.67. The van der Waals surface area contributed by atoms with Gasteiger partial charge in [0.05, 0.1) is 6.33 Å². The molecule has 7 heteroatoms. The van der Waals surface area contributed by atoms with E-state index in [1.807, 2.05) is 23.8 Å². The SMILES string of the molecule is Cc1cc(N2CCC(n3cnc(C(N)=O)c3N)CC2)ccn1. The summed E-state index contributed by atoms with van der Waals surface area (Å²) in [7, 11) is 0. The van der Waals surface area contributed by atoms with Crippen molar-refractivity contribution in [2.24, 2.45) is 5.73 Å². The Morgan fingerprint density at radius 2 is 2.05 bits per heavy atom. The largest absolute Gasteiger partial charge is 0.383 e. The third-order valence-corrected chi connectivity index (χ3v) is 4.17. The molecule has 0 radical (unpaired) electrons. The molecule has 0 saturated carbocycles. The van der Waals surface area contributed by atoms with Crippen LogP contribution in [0.2, 0.25) is 0 Å². The highest BCUT2D eigenvalue weighted by molar-refractivity contribution is 5.95. The highest BCUT2D eigenvalue weighted by atomic mass is 16.1.